The molecule has 0 saturated heterocycles. The van der Waals surface area contributed by atoms with Crippen molar-refractivity contribution in [3.05, 3.63) is 12.3 Å². The summed E-state index contributed by atoms with van der Waals surface area (Å²) in [6.07, 6.45) is 6.06. The van der Waals surface area contributed by atoms with E-state index in [1.54, 1.807) is 0 Å². The van der Waals surface area contributed by atoms with E-state index in [1.807, 2.05) is 10.5 Å². The van der Waals surface area contributed by atoms with Gasteiger partial charge in [0, 0.05) is 30.6 Å². The molecule has 0 fully saturated rings. The molecule has 1 unspecified atom stereocenters. The average Bonchev–Trinajstić information content (AvgIpc) is 2.12. The van der Waals surface area contributed by atoms with Gasteiger partial charge in [0.15, 0.2) is 0 Å². The SMILES string of the molecule is CCC(C(=O)SN1C=CC1)[C@H](C)CC. The zero-order valence-corrected chi connectivity index (χ0v) is 10.0. The largest absolute Gasteiger partial charge is 0.313 e. The quantitative estimate of drug-likeness (QED) is 0.655. The Labute approximate surface area is 90.9 Å². The number of nitrogens with zero attached hydrogens (tertiary/aromatic N) is 1. The monoisotopic (exact) mass is 213 g/mol. The van der Waals surface area contributed by atoms with Crippen molar-refractivity contribution in [1.29, 1.82) is 0 Å². The number of carbonyl (C=O) groups is 1. The Hall–Kier alpha value is -0.440. The lowest BCUT2D eigenvalue weighted by molar-refractivity contribution is -0.116. The third-order valence-electron chi connectivity index (χ3n) is 2.84. The van der Waals surface area contributed by atoms with Crippen molar-refractivity contribution in [3.63, 3.8) is 0 Å². The molecule has 80 valence electrons. The molecule has 1 heterocycles. The van der Waals surface area contributed by atoms with Gasteiger partial charge >= 0.3 is 0 Å². The van der Waals surface area contributed by atoms with Gasteiger partial charge in [0.2, 0.25) is 5.12 Å². The lowest BCUT2D eigenvalue weighted by Crippen LogP contribution is -2.25. The van der Waals surface area contributed by atoms with Crippen LogP contribution >= 0.6 is 11.9 Å². The Morgan fingerprint density at radius 3 is 2.50 bits per heavy atom. The van der Waals surface area contributed by atoms with Crippen molar-refractivity contribution in [2.75, 3.05) is 6.54 Å². The lowest BCUT2D eigenvalue weighted by Gasteiger charge is -2.26. The summed E-state index contributed by atoms with van der Waals surface area (Å²) in [5.41, 5.74) is 0. The molecule has 0 saturated carbocycles. The minimum atomic E-state index is 0.221. The standard InChI is InChI=1S/C11H19NOS/c1-4-9(3)10(5-2)11(13)14-12-7-6-8-12/h6-7,9-10H,4-5,8H2,1-3H3/t9-,10?/m1/s1. The average molecular weight is 213 g/mol. The molecule has 2 nitrogen and oxygen atoms in total. The van der Waals surface area contributed by atoms with Gasteiger partial charge in [-0.1, -0.05) is 27.2 Å². The van der Waals surface area contributed by atoms with Crippen molar-refractivity contribution in [2.45, 2.75) is 33.6 Å². The third kappa shape index (κ3) is 2.77. The summed E-state index contributed by atoms with van der Waals surface area (Å²) in [6, 6.07) is 0. The number of rotatable bonds is 5. The highest BCUT2D eigenvalue weighted by atomic mass is 32.2. The van der Waals surface area contributed by atoms with Crippen LogP contribution in [0.2, 0.25) is 0 Å². The number of hydrogen-bond donors (Lipinski definition) is 0. The molecule has 0 aromatic carbocycles. The Kier molecular flexibility index (Phi) is 4.52. The number of carbonyl (C=O) groups excluding carboxylic acids is 1. The summed E-state index contributed by atoms with van der Waals surface area (Å²) in [4.78, 5) is 11.9. The first kappa shape index (κ1) is 11.6. The van der Waals surface area contributed by atoms with Crippen molar-refractivity contribution in [3.8, 4) is 0 Å². The van der Waals surface area contributed by atoms with Gasteiger partial charge < -0.3 is 4.31 Å². The molecule has 0 aromatic heterocycles. The maximum atomic E-state index is 11.9. The summed E-state index contributed by atoms with van der Waals surface area (Å²) in [6.45, 7) is 7.32. The van der Waals surface area contributed by atoms with Gasteiger partial charge in [0.05, 0.1) is 0 Å². The van der Waals surface area contributed by atoms with E-state index in [4.69, 9.17) is 0 Å². The van der Waals surface area contributed by atoms with Crippen molar-refractivity contribution in [2.24, 2.45) is 11.8 Å². The van der Waals surface area contributed by atoms with Crippen LogP contribution in [-0.4, -0.2) is 16.0 Å². The predicted molar refractivity (Wildman–Crippen MR) is 61.7 cm³/mol. The van der Waals surface area contributed by atoms with Gasteiger partial charge in [-0.25, -0.2) is 0 Å². The second-order valence-electron chi connectivity index (χ2n) is 3.80. The van der Waals surface area contributed by atoms with Crippen molar-refractivity contribution < 1.29 is 4.79 Å². The van der Waals surface area contributed by atoms with E-state index in [0.29, 0.717) is 11.0 Å². The minimum absolute atomic E-state index is 0.221. The summed E-state index contributed by atoms with van der Waals surface area (Å²) >= 11 is 1.37. The second kappa shape index (κ2) is 5.44. The van der Waals surface area contributed by atoms with Crippen LogP contribution in [0.3, 0.4) is 0 Å². The maximum absolute atomic E-state index is 11.9. The van der Waals surface area contributed by atoms with Crippen molar-refractivity contribution in [1.82, 2.24) is 4.31 Å². The highest BCUT2D eigenvalue weighted by Gasteiger charge is 2.24. The molecule has 1 aliphatic heterocycles. The highest BCUT2D eigenvalue weighted by Crippen LogP contribution is 2.28. The van der Waals surface area contributed by atoms with E-state index in [2.05, 4.69) is 26.8 Å². The first-order valence-corrected chi connectivity index (χ1v) is 6.11. The molecule has 1 rings (SSSR count). The summed E-state index contributed by atoms with van der Waals surface area (Å²) < 4.78 is 1.99. The summed E-state index contributed by atoms with van der Waals surface area (Å²) in [5, 5.41) is 0.325. The van der Waals surface area contributed by atoms with Crippen LogP contribution in [-0.2, 0) is 4.79 Å². The topological polar surface area (TPSA) is 20.3 Å². The normalized spacial score (nSPS) is 18.9. The zero-order chi connectivity index (χ0) is 10.6. The molecule has 0 N–H and O–H groups in total. The molecule has 0 amide bonds. The van der Waals surface area contributed by atoms with Gasteiger partial charge in [0.1, 0.15) is 0 Å². The fourth-order valence-electron chi connectivity index (χ4n) is 1.53. The molecule has 3 heteroatoms. The van der Waals surface area contributed by atoms with E-state index in [9.17, 15) is 4.79 Å². The molecule has 0 aromatic rings. The smallest absolute Gasteiger partial charge is 0.212 e. The van der Waals surface area contributed by atoms with Gasteiger partial charge in [-0.2, -0.15) is 0 Å². The lowest BCUT2D eigenvalue weighted by atomic mass is 9.91. The van der Waals surface area contributed by atoms with Crippen LogP contribution in [0.1, 0.15) is 33.6 Å². The third-order valence-corrected chi connectivity index (χ3v) is 3.83. The van der Waals surface area contributed by atoms with Crippen LogP contribution in [0.5, 0.6) is 0 Å². The van der Waals surface area contributed by atoms with Gasteiger partial charge in [-0.15, -0.1) is 0 Å². The van der Waals surface area contributed by atoms with Crippen LogP contribution < -0.4 is 0 Å². The Morgan fingerprint density at radius 2 is 2.14 bits per heavy atom. The van der Waals surface area contributed by atoms with E-state index in [0.717, 1.165) is 19.4 Å². The predicted octanol–water partition coefficient (Wildman–Crippen LogP) is 3.06. The van der Waals surface area contributed by atoms with E-state index in [-0.39, 0.29) is 5.92 Å². The van der Waals surface area contributed by atoms with E-state index < -0.39 is 0 Å². The Balaban J connectivity index is 2.42. The van der Waals surface area contributed by atoms with E-state index in [1.165, 1.54) is 11.9 Å². The van der Waals surface area contributed by atoms with Crippen LogP contribution in [0.25, 0.3) is 0 Å². The molecule has 0 radical (unpaired) electrons. The molecule has 2 atom stereocenters. The Morgan fingerprint density at radius 1 is 1.50 bits per heavy atom. The first-order chi connectivity index (χ1) is 6.69. The fraction of sp³-hybridized carbons (Fsp3) is 0.727. The molecule has 0 aliphatic carbocycles. The van der Waals surface area contributed by atoms with Crippen molar-refractivity contribution >= 4 is 17.1 Å². The van der Waals surface area contributed by atoms with Gasteiger partial charge in [-0.3, -0.25) is 4.79 Å². The molecular weight excluding hydrogens is 194 g/mol. The number of hydrogen-bond acceptors (Lipinski definition) is 3. The van der Waals surface area contributed by atoms with Gasteiger partial charge in [0.25, 0.3) is 0 Å². The molecule has 0 bridgehead atoms. The molecule has 1 aliphatic rings. The van der Waals surface area contributed by atoms with Crippen LogP contribution in [0, 0.1) is 11.8 Å². The fourth-order valence-corrected chi connectivity index (χ4v) is 2.60. The molecule has 14 heavy (non-hydrogen) atoms. The second-order valence-corrected chi connectivity index (χ2v) is 4.85. The molecular formula is C11H19NOS. The van der Waals surface area contributed by atoms with Crippen LogP contribution in [0.4, 0.5) is 0 Å². The highest BCUT2D eigenvalue weighted by molar-refractivity contribution is 8.11. The first-order valence-electron chi connectivity index (χ1n) is 5.34. The summed E-state index contributed by atoms with van der Waals surface area (Å²) in [7, 11) is 0. The molecule has 0 spiro atoms. The van der Waals surface area contributed by atoms with Crippen LogP contribution in [0.15, 0.2) is 12.3 Å². The minimum Gasteiger partial charge on any atom is -0.313 e. The van der Waals surface area contributed by atoms with E-state index >= 15 is 0 Å². The van der Waals surface area contributed by atoms with Gasteiger partial charge in [-0.05, 0) is 18.4 Å². The zero-order valence-electron chi connectivity index (χ0n) is 9.19. The Bertz CT molecular complexity index is 227. The maximum Gasteiger partial charge on any atom is 0.212 e. The summed E-state index contributed by atoms with van der Waals surface area (Å²) in [5.74, 6) is 0.726.